The molecule has 0 aliphatic carbocycles. The third-order valence-corrected chi connectivity index (χ3v) is 5.17. The van der Waals surface area contributed by atoms with Gasteiger partial charge in [0.1, 0.15) is 5.82 Å². The molecule has 0 saturated carbocycles. The third kappa shape index (κ3) is 3.45. The minimum absolute atomic E-state index is 0.0698. The molecule has 27 heavy (non-hydrogen) atoms. The highest BCUT2D eigenvalue weighted by Crippen LogP contribution is 2.27. The van der Waals surface area contributed by atoms with E-state index >= 15 is 0 Å². The Morgan fingerprint density at radius 1 is 1.22 bits per heavy atom. The van der Waals surface area contributed by atoms with Crippen molar-refractivity contribution in [2.75, 3.05) is 13.1 Å². The molecule has 0 bridgehead atoms. The first-order valence-electron chi connectivity index (χ1n) is 9.16. The van der Waals surface area contributed by atoms with Crippen molar-refractivity contribution in [1.29, 1.82) is 0 Å². The normalized spacial score (nSPS) is 15.2. The summed E-state index contributed by atoms with van der Waals surface area (Å²) in [6, 6.07) is 11.7. The van der Waals surface area contributed by atoms with E-state index in [1.54, 1.807) is 16.9 Å². The summed E-state index contributed by atoms with van der Waals surface area (Å²) in [5.74, 6) is 1.26. The molecule has 7 nitrogen and oxygen atoms in total. The Hall–Kier alpha value is -3.09. The Labute approximate surface area is 156 Å². The fourth-order valence-corrected chi connectivity index (χ4v) is 3.64. The summed E-state index contributed by atoms with van der Waals surface area (Å²) in [4.78, 5) is 26.6. The van der Waals surface area contributed by atoms with E-state index in [9.17, 15) is 9.59 Å². The number of nitrogens with zero attached hydrogens (tertiary/aromatic N) is 3. The molecule has 0 radical (unpaired) electrons. The topological polar surface area (TPSA) is 84.1 Å². The maximum Gasteiger partial charge on any atom is 0.343 e. The number of benzene rings is 1. The molecule has 1 aliphatic rings. The van der Waals surface area contributed by atoms with Crippen LogP contribution in [0.1, 0.15) is 46.3 Å². The molecular weight excluding hydrogens is 344 g/mol. The first kappa shape index (κ1) is 17.3. The lowest BCUT2D eigenvalue weighted by atomic mass is 9.95. The number of aryl methyl sites for hydroxylation is 1. The Bertz CT molecular complexity index is 978. The van der Waals surface area contributed by atoms with E-state index in [-0.39, 0.29) is 17.5 Å². The van der Waals surface area contributed by atoms with Crippen molar-refractivity contribution in [3.05, 3.63) is 75.9 Å². The van der Waals surface area contributed by atoms with Gasteiger partial charge in [-0.05, 0) is 31.4 Å². The van der Waals surface area contributed by atoms with Gasteiger partial charge >= 0.3 is 5.69 Å². The van der Waals surface area contributed by atoms with E-state index in [1.807, 2.05) is 42.2 Å². The molecule has 0 atom stereocenters. The molecule has 4 rings (SSSR count). The summed E-state index contributed by atoms with van der Waals surface area (Å²) in [7, 11) is 0. The maximum absolute atomic E-state index is 12.6. The quantitative estimate of drug-likeness (QED) is 0.769. The Kier molecular flexibility index (Phi) is 4.66. The molecule has 1 N–H and O–H groups in total. The molecule has 0 spiro atoms. The van der Waals surface area contributed by atoms with Gasteiger partial charge in [0.05, 0.1) is 12.8 Å². The average Bonchev–Trinajstić information content (AvgIpc) is 3.28. The molecular formula is C20H22N4O3. The molecule has 2 aromatic heterocycles. The smallest absolute Gasteiger partial charge is 0.343 e. The molecule has 1 aliphatic heterocycles. The van der Waals surface area contributed by atoms with Gasteiger partial charge in [0.2, 0.25) is 0 Å². The largest absolute Gasteiger partial charge is 0.459 e. The number of aromatic nitrogens is 3. The van der Waals surface area contributed by atoms with Crippen molar-refractivity contribution >= 4 is 5.91 Å². The number of carbonyl (C=O) groups is 1. The van der Waals surface area contributed by atoms with Gasteiger partial charge < -0.3 is 9.32 Å². The van der Waals surface area contributed by atoms with Crippen LogP contribution in [-0.2, 0) is 6.54 Å². The summed E-state index contributed by atoms with van der Waals surface area (Å²) in [6.07, 6.45) is 3.08. The van der Waals surface area contributed by atoms with Crippen LogP contribution in [-0.4, -0.2) is 38.7 Å². The van der Waals surface area contributed by atoms with Gasteiger partial charge in [-0.25, -0.2) is 9.89 Å². The van der Waals surface area contributed by atoms with Crippen molar-refractivity contribution in [2.45, 2.75) is 32.2 Å². The molecule has 3 heterocycles. The summed E-state index contributed by atoms with van der Waals surface area (Å²) >= 11 is 0. The van der Waals surface area contributed by atoms with E-state index in [0.717, 1.165) is 29.8 Å². The highest BCUT2D eigenvalue weighted by atomic mass is 16.3. The second kappa shape index (κ2) is 7.26. The van der Waals surface area contributed by atoms with Crippen molar-refractivity contribution < 1.29 is 9.21 Å². The number of likely N-dealkylation sites (tertiary alicyclic amines) is 1. The fraction of sp³-hybridized carbons (Fsp3) is 0.350. The second-order valence-corrected chi connectivity index (χ2v) is 6.96. The third-order valence-electron chi connectivity index (χ3n) is 5.17. The van der Waals surface area contributed by atoms with Crippen molar-refractivity contribution in [3.63, 3.8) is 0 Å². The Morgan fingerprint density at radius 2 is 1.96 bits per heavy atom. The molecule has 1 amide bonds. The number of amides is 1. The maximum atomic E-state index is 12.6. The number of hydrogen-bond donors (Lipinski definition) is 1. The predicted molar refractivity (Wildman–Crippen MR) is 99.7 cm³/mol. The number of H-pyrrole nitrogens is 1. The SMILES string of the molecule is Cc1ccoc1C(=O)N1CCC(c2n[nH]c(=O)n2Cc2ccccc2)CC1. The molecule has 140 valence electrons. The molecule has 1 saturated heterocycles. The Balaban J connectivity index is 1.47. The van der Waals surface area contributed by atoms with Crippen LogP contribution in [0.5, 0.6) is 0 Å². The van der Waals surface area contributed by atoms with E-state index in [1.165, 1.54) is 0 Å². The number of aromatic amines is 1. The number of carbonyl (C=O) groups excluding carboxylic acids is 1. The minimum Gasteiger partial charge on any atom is -0.459 e. The second-order valence-electron chi connectivity index (χ2n) is 6.96. The summed E-state index contributed by atoms with van der Waals surface area (Å²) < 4.78 is 7.03. The standard InChI is InChI=1S/C20H22N4O3/c1-14-9-12-27-17(14)19(25)23-10-7-16(8-11-23)18-21-22-20(26)24(18)13-15-5-3-2-4-6-15/h2-6,9,12,16H,7-8,10-11,13H2,1H3,(H,22,26). The van der Waals surface area contributed by atoms with E-state index < -0.39 is 0 Å². The van der Waals surface area contributed by atoms with Gasteiger partial charge in [-0.15, -0.1) is 0 Å². The lowest BCUT2D eigenvalue weighted by Gasteiger charge is -2.31. The van der Waals surface area contributed by atoms with Gasteiger partial charge in [0.25, 0.3) is 5.91 Å². The van der Waals surface area contributed by atoms with Crippen LogP contribution in [0, 0.1) is 6.92 Å². The van der Waals surface area contributed by atoms with Crippen LogP contribution in [0.3, 0.4) is 0 Å². The van der Waals surface area contributed by atoms with Crippen LogP contribution < -0.4 is 5.69 Å². The molecule has 3 aromatic rings. The van der Waals surface area contributed by atoms with Crippen molar-refractivity contribution in [3.8, 4) is 0 Å². The number of furan rings is 1. The fourth-order valence-electron chi connectivity index (χ4n) is 3.64. The number of nitrogens with one attached hydrogen (secondary N) is 1. The number of hydrogen-bond acceptors (Lipinski definition) is 4. The molecule has 7 heteroatoms. The zero-order valence-electron chi connectivity index (χ0n) is 15.2. The van der Waals surface area contributed by atoms with Crippen LogP contribution in [0.4, 0.5) is 0 Å². The van der Waals surface area contributed by atoms with Crippen LogP contribution in [0.2, 0.25) is 0 Å². The number of rotatable bonds is 4. The van der Waals surface area contributed by atoms with Crippen LogP contribution >= 0.6 is 0 Å². The highest BCUT2D eigenvalue weighted by molar-refractivity contribution is 5.92. The van der Waals surface area contributed by atoms with E-state index in [2.05, 4.69) is 10.2 Å². The van der Waals surface area contributed by atoms with Gasteiger partial charge in [-0.1, -0.05) is 30.3 Å². The van der Waals surface area contributed by atoms with Gasteiger partial charge in [0.15, 0.2) is 5.76 Å². The highest BCUT2D eigenvalue weighted by Gasteiger charge is 2.29. The molecule has 0 unspecified atom stereocenters. The van der Waals surface area contributed by atoms with Crippen LogP contribution in [0.15, 0.2) is 51.9 Å². The van der Waals surface area contributed by atoms with Crippen LogP contribution in [0.25, 0.3) is 0 Å². The van der Waals surface area contributed by atoms with Crippen molar-refractivity contribution in [1.82, 2.24) is 19.7 Å². The first-order chi connectivity index (χ1) is 13.1. The molecule has 1 fully saturated rings. The van der Waals surface area contributed by atoms with E-state index in [0.29, 0.717) is 25.4 Å². The number of piperidine rings is 1. The monoisotopic (exact) mass is 366 g/mol. The van der Waals surface area contributed by atoms with Crippen molar-refractivity contribution in [2.24, 2.45) is 0 Å². The minimum atomic E-state index is -0.196. The lowest BCUT2D eigenvalue weighted by Crippen LogP contribution is -2.38. The lowest BCUT2D eigenvalue weighted by molar-refractivity contribution is 0.0677. The van der Waals surface area contributed by atoms with Gasteiger partial charge in [-0.2, -0.15) is 5.10 Å². The summed E-state index contributed by atoms with van der Waals surface area (Å²) in [5, 5.41) is 6.85. The van der Waals surface area contributed by atoms with E-state index in [4.69, 9.17) is 4.42 Å². The van der Waals surface area contributed by atoms with Gasteiger partial charge in [-0.3, -0.25) is 9.36 Å². The first-order valence-corrected chi connectivity index (χ1v) is 9.16. The predicted octanol–water partition coefficient (Wildman–Crippen LogP) is 2.54. The van der Waals surface area contributed by atoms with Gasteiger partial charge in [0, 0.05) is 24.6 Å². The Morgan fingerprint density at radius 3 is 2.63 bits per heavy atom. The zero-order chi connectivity index (χ0) is 18.8. The molecule has 1 aromatic carbocycles. The summed E-state index contributed by atoms with van der Waals surface area (Å²) in [6.45, 7) is 3.61. The summed E-state index contributed by atoms with van der Waals surface area (Å²) in [5.41, 5.74) is 1.72. The zero-order valence-corrected chi connectivity index (χ0v) is 15.2. The average molecular weight is 366 g/mol.